The minimum Gasteiger partial charge on any atom is -0.490 e. The molecule has 0 atom stereocenters. The molecule has 0 aliphatic carbocycles. The van der Waals surface area contributed by atoms with Crippen LogP contribution in [0.2, 0.25) is 5.02 Å². The van der Waals surface area contributed by atoms with Crippen molar-refractivity contribution in [2.75, 3.05) is 11.9 Å². The highest BCUT2D eigenvalue weighted by Crippen LogP contribution is 2.41. The lowest BCUT2D eigenvalue weighted by Crippen LogP contribution is -2.27. The minimum atomic E-state index is -4.27. The molecule has 208 valence electrons. The second-order valence-corrected chi connectivity index (χ2v) is 12.2. The van der Waals surface area contributed by atoms with E-state index in [1.54, 1.807) is 37.3 Å². The Kier molecular flexibility index (Phi) is 9.24. The number of hydrogen-bond acceptors (Lipinski definition) is 8. The molecule has 0 unspecified atom stereocenters. The molecule has 1 heterocycles. The lowest BCUT2D eigenvalue weighted by molar-refractivity contribution is -0.123. The summed E-state index contributed by atoms with van der Waals surface area (Å²) in [4.78, 5) is 38.0. The van der Waals surface area contributed by atoms with Crippen molar-refractivity contribution in [2.24, 2.45) is 0 Å². The van der Waals surface area contributed by atoms with Crippen molar-refractivity contribution in [2.45, 2.75) is 25.3 Å². The van der Waals surface area contributed by atoms with Crippen LogP contribution in [-0.2, 0) is 26.3 Å². The molecule has 40 heavy (non-hydrogen) atoms. The number of carbonyl (C=O) groups is 3. The first kappa shape index (κ1) is 29.7. The molecule has 1 saturated heterocycles. The predicted octanol–water partition coefficient (Wildman–Crippen LogP) is 6.46. The number of nitrogens with one attached hydrogen (secondary N) is 1. The Morgan fingerprint density at radius 2 is 1.82 bits per heavy atom. The summed E-state index contributed by atoms with van der Waals surface area (Å²) in [5.41, 5.74) is 1.55. The molecular formula is C27H22BrClN2O7S2. The van der Waals surface area contributed by atoms with Crippen molar-refractivity contribution in [1.29, 1.82) is 0 Å². The maximum atomic E-state index is 13.0. The highest BCUT2D eigenvalue weighted by molar-refractivity contribution is 9.10. The van der Waals surface area contributed by atoms with Crippen LogP contribution in [0.1, 0.15) is 25.0 Å². The van der Waals surface area contributed by atoms with E-state index in [1.165, 1.54) is 43.3 Å². The zero-order valence-corrected chi connectivity index (χ0v) is 25.1. The Morgan fingerprint density at radius 1 is 1.12 bits per heavy atom. The fraction of sp³-hybridized carbons (Fsp3) is 0.148. The summed E-state index contributed by atoms with van der Waals surface area (Å²) in [7, 11) is -4.27. The quantitative estimate of drug-likeness (QED) is 0.204. The van der Waals surface area contributed by atoms with Crippen LogP contribution in [0, 0.1) is 0 Å². The molecule has 1 fully saturated rings. The van der Waals surface area contributed by atoms with Crippen LogP contribution in [0.5, 0.6) is 11.5 Å². The smallest absolute Gasteiger partial charge is 0.339 e. The van der Waals surface area contributed by atoms with Gasteiger partial charge in [0.2, 0.25) is 5.91 Å². The number of amides is 3. The van der Waals surface area contributed by atoms with Crippen LogP contribution >= 0.6 is 39.3 Å². The maximum absolute atomic E-state index is 13.0. The topological polar surface area (TPSA) is 119 Å². The normalized spacial score (nSPS) is 14.5. The number of nitrogens with zero attached hydrogens (tertiary/aromatic N) is 1. The van der Waals surface area contributed by atoms with Gasteiger partial charge in [-0.15, -0.1) is 0 Å². The largest absolute Gasteiger partial charge is 0.490 e. The monoisotopic (exact) mass is 664 g/mol. The zero-order valence-electron chi connectivity index (χ0n) is 21.1. The number of ether oxygens (including phenoxy) is 1. The van der Waals surface area contributed by atoms with Gasteiger partial charge in [0.25, 0.3) is 11.1 Å². The van der Waals surface area contributed by atoms with Gasteiger partial charge in [0.15, 0.2) is 11.5 Å². The molecule has 3 aromatic rings. The lowest BCUT2D eigenvalue weighted by atomic mass is 10.1. The summed E-state index contributed by atoms with van der Waals surface area (Å²) >= 11 is 10.3. The van der Waals surface area contributed by atoms with Crippen LogP contribution in [0.4, 0.5) is 10.5 Å². The van der Waals surface area contributed by atoms with Crippen molar-refractivity contribution in [3.05, 3.63) is 86.2 Å². The molecule has 0 radical (unpaired) electrons. The first-order valence-electron chi connectivity index (χ1n) is 11.8. The fourth-order valence-electron chi connectivity index (χ4n) is 3.67. The molecule has 4 rings (SSSR count). The van der Waals surface area contributed by atoms with Gasteiger partial charge in [-0.25, -0.2) is 0 Å². The molecule has 3 aromatic carbocycles. The van der Waals surface area contributed by atoms with Gasteiger partial charge in [0.05, 0.1) is 22.5 Å². The van der Waals surface area contributed by atoms with Gasteiger partial charge in [0, 0.05) is 17.6 Å². The van der Waals surface area contributed by atoms with E-state index in [0.29, 0.717) is 21.8 Å². The standard InChI is InChI=1S/C27H22BrClN2O7S2/c1-3-37-23-13-17(14-24-26(33)31(27(34)39-24)15-18-6-4-5-7-22(18)29)12-21(28)25(23)38-40(35,36)20-10-8-19(9-11-20)30-16(2)32/h4-14H,3,15H2,1-2H3,(H,30,32)/b24-14-. The number of benzene rings is 3. The second kappa shape index (κ2) is 12.5. The average Bonchev–Trinajstić information content (AvgIpc) is 3.15. The number of halogens is 2. The molecule has 0 saturated carbocycles. The third-order valence-electron chi connectivity index (χ3n) is 5.45. The molecule has 1 aliphatic rings. The number of thioether (sulfide) groups is 1. The van der Waals surface area contributed by atoms with E-state index in [1.807, 2.05) is 0 Å². The van der Waals surface area contributed by atoms with E-state index in [4.69, 9.17) is 20.5 Å². The Morgan fingerprint density at radius 3 is 2.48 bits per heavy atom. The molecule has 0 bridgehead atoms. The minimum absolute atomic E-state index is 0.0337. The molecule has 13 heteroatoms. The van der Waals surface area contributed by atoms with Gasteiger partial charge in [0.1, 0.15) is 4.90 Å². The van der Waals surface area contributed by atoms with Gasteiger partial charge >= 0.3 is 10.1 Å². The number of hydrogen-bond donors (Lipinski definition) is 1. The van der Waals surface area contributed by atoms with E-state index in [0.717, 1.165) is 16.7 Å². The van der Waals surface area contributed by atoms with Crippen LogP contribution in [0.25, 0.3) is 6.08 Å². The summed E-state index contributed by atoms with van der Waals surface area (Å²) in [5, 5.41) is 2.58. The van der Waals surface area contributed by atoms with Crippen molar-refractivity contribution >= 4 is 78.2 Å². The number of anilines is 1. The Labute approximate surface area is 248 Å². The predicted molar refractivity (Wildman–Crippen MR) is 157 cm³/mol. The second-order valence-electron chi connectivity index (χ2n) is 8.37. The lowest BCUT2D eigenvalue weighted by Gasteiger charge is -2.15. The molecule has 9 nitrogen and oxygen atoms in total. The third kappa shape index (κ3) is 6.87. The average molecular weight is 666 g/mol. The van der Waals surface area contributed by atoms with E-state index in [9.17, 15) is 22.8 Å². The van der Waals surface area contributed by atoms with Crippen molar-refractivity contribution < 1.29 is 31.7 Å². The zero-order chi connectivity index (χ0) is 29.0. The van der Waals surface area contributed by atoms with E-state index >= 15 is 0 Å². The number of rotatable bonds is 9. The van der Waals surface area contributed by atoms with Crippen LogP contribution in [0.3, 0.4) is 0 Å². The van der Waals surface area contributed by atoms with Gasteiger partial charge < -0.3 is 14.2 Å². The van der Waals surface area contributed by atoms with Crippen molar-refractivity contribution in [3.63, 3.8) is 0 Å². The van der Waals surface area contributed by atoms with E-state index in [2.05, 4.69) is 21.2 Å². The molecule has 1 aliphatic heterocycles. The summed E-state index contributed by atoms with van der Waals surface area (Å²) in [6.07, 6.45) is 1.52. The summed E-state index contributed by atoms with van der Waals surface area (Å²) in [6, 6.07) is 15.5. The SMILES string of the molecule is CCOc1cc(/C=C2\SC(=O)N(Cc3ccccc3Cl)C2=O)cc(Br)c1OS(=O)(=O)c1ccc(NC(C)=O)cc1. The van der Waals surface area contributed by atoms with E-state index in [-0.39, 0.29) is 44.8 Å². The summed E-state index contributed by atoms with van der Waals surface area (Å²) < 4.78 is 37.3. The first-order valence-corrected chi connectivity index (χ1v) is 15.2. The molecule has 0 spiro atoms. The van der Waals surface area contributed by atoms with Crippen LogP contribution < -0.4 is 14.2 Å². The van der Waals surface area contributed by atoms with Gasteiger partial charge in [-0.3, -0.25) is 19.3 Å². The maximum Gasteiger partial charge on any atom is 0.339 e. The van der Waals surface area contributed by atoms with E-state index < -0.39 is 21.3 Å². The third-order valence-corrected chi connectivity index (χ3v) is 8.55. The Hall–Kier alpha value is -3.32. The molecule has 0 aromatic heterocycles. The molecular weight excluding hydrogens is 644 g/mol. The summed E-state index contributed by atoms with van der Waals surface area (Å²) in [6.45, 7) is 3.30. The number of imide groups is 1. The van der Waals surface area contributed by atoms with Gasteiger partial charge in [-0.1, -0.05) is 29.8 Å². The van der Waals surface area contributed by atoms with Gasteiger partial charge in [-0.05, 0) is 94.3 Å². The highest BCUT2D eigenvalue weighted by atomic mass is 79.9. The van der Waals surface area contributed by atoms with Crippen molar-refractivity contribution in [1.82, 2.24) is 4.90 Å². The highest BCUT2D eigenvalue weighted by Gasteiger charge is 2.35. The van der Waals surface area contributed by atoms with Crippen LogP contribution in [0.15, 0.2) is 74.9 Å². The Balaban J connectivity index is 1.60. The summed E-state index contributed by atoms with van der Waals surface area (Å²) in [5.74, 6) is -0.745. The molecule has 1 N–H and O–H groups in total. The van der Waals surface area contributed by atoms with Crippen molar-refractivity contribution in [3.8, 4) is 11.5 Å². The van der Waals surface area contributed by atoms with Gasteiger partial charge in [-0.2, -0.15) is 8.42 Å². The molecule has 3 amide bonds. The first-order chi connectivity index (χ1) is 19.0. The Bertz CT molecular complexity index is 1630. The number of carbonyl (C=O) groups excluding carboxylic acids is 3. The fourth-order valence-corrected chi connectivity index (χ4v) is 6.30. The van der Waals surface area contributed by atoms with Crippen LogP contribution in [-0.4, -0.2) is 37.0 Å².